The number of hydrogen-bond acceptors (Lipinski definition) is 3. The Kier molecular flexibility index (Phi) is 9.17. The lowest BCUT2D eigenvalue weighted by atomic mass is 10.0. The van der Waals surface area contributed by atoms with E-state index in [1.54, 1.807) is 4.90 Å². The molecule has 1 atom stereocenters. The predicted molar refractivity (Wildman–Crippen MR) is 146 cm³/mol. The molecular formula is C30H33BrN2O3. The summed E-state index contributed by atoms with van der Waals surface area (Å²) in [4.78, 5) is 29.0. The van der Waals surface area contributed by atoms with E-state index in [1.165, 1.54) is 0 Å². The van der Waals surface area contributed by atoms with Gasteiger partial charge in [-0.05, 0) is 54.7 Å². The largest absolute Gasteiger partial charge is 0.484 e. The molecule has 3 aromatic rings. The Morgan fingerprint density at radius 2 is 1.61 bits per heavy atom. The molecule has 188 valence electrons. The van der Waals surface area contributed by atoms with Gasteiger partial charge < -0.3 is 15.0 Å². The summed E-state index contributed by atoms with van der Waals surface area (Å²) in [5, 5.41) is 3.23. The Bertz CT molecular complexity index is 1150. The third-order valence-corrected chi connectivity index (χ3v) is 7.55. The smallest absolute Gasteiger partial charge is 0.261 e. The molecule has 4 rings (SSSR count). The number of rotatable bonds is 10. The monoisotopic (exact) mass is 548 g/mol. The molecule has 1 N–H and O–H groups in total. The number of halogens is 1. The summed E-state index contributed by atoms with van der Waals surface area (Å²) in [7, 11) is 0. The minimum absolute atomic E-state index is 0.102. The standard InChI is InChI=1S/C30H33BrN2O3/c1-22-18-26(16-17-27(22)31)36-21-29(34)33(20-24-12-6-3-7-13-24)28(19-23-10-4-2-5-11-23)30(35)32-25-14-8-9-15-25/h2-7,10-13,16-18,25,28H,8-9,14-15,19-21H2,1H3,(H,32,35). The van der Waals surface area contributed by atoms with E-state index in [0.29, 0.717) is 18.7 Å². The van der Waals surface area contributed by atoms with E-state index < -0.39 is 6.04 Å². The number of benzene rings is 3. The van der Waals surface area contributed by atoms with Crippen LogP contribution in [-0.2, 0) is 22.6 Å². The molecular weight excluding hydrogens is 516 g/mol. The van der Waals surface area contributed by atoms with Gasteiger partial charge in [0.2, 0.25) is 5.91 Å². The van der Waals surface area contributed by atoms with Crippen LogP contribution in [0.5, 0.6) is 5.75 Å². The highest BCUT2D eigenvalue weighted by Gasteiger charge is 2.32. The van der Waals surface area contributed by atoms with E-state index in [1.807, 2.05) is 85.8 Å². The number of nitrogens with one attached hydrogen (secondary N) is 1. The summed E-state index contributed by atoms with van der Waals surface area (Å²) in [6.45, 7) is 2.16. The summed E-state index contributed by atoms with van der Waals surface area (Å²) in [6, 6.07) is 24.9. The maximum absolute atomic E-state index is 13.7. The SMILES string of the molecule is Cc1cc(OCC(=O)N(Cc2ccccc2)C(Cc2ccccc2)C(=O)NC2CCCC2)ccc1Br. The van der Waals surface area contributed by atoms with Crippen LogP contribution in [0.25, 0.3) is 0 Å². The molecule has 0 aliphatic heterocycles. The van der Waals surface area contributed by atoms with Crippen LogP contribution < -0.4 is 10.1 Å². The van der Waals surface area contributed by atoms with Crippen LogP contribution in [0.15, 0.2) is 83.3 Å². The summed E-state index contributed by atoms with van der Waals surface area (Å²) >= 11 is 3.50. The fourth-order valence-corrected chi connectivity index (χ4v) is 4.88. The fourth-order valence-electron chi connectivity index (χ4n) is 4.64. The van der Waals surface area contributed by atoms with Crippen molar-refractivity contribution in [2.75, 3.05) is 6.61 Å². The van der Waals surface area contributed by atoms with E-state index in [4.69, 9.17) is 4.74 Å². The lowest BCUT2D eigenvalue weighted by Crippen LogP contribution is -2.53. The van der Waals surface area contributed by atoms with Crippen molar-refractivity contribution in [3.05, 3.63) is 100 Å². The van der Waals surface area contributed by atoms with Crippen LogP contribution in [0.2, 0.25) is 0 Å². The van der Waals surface area contributed by atoms with Gasteiger partial charge in [-0.3, -0.25) is 9.59 Å². The second-order valence-corrected chi connectivity index (χ2v) is 10.3. The van der Waals surface area contributed by atoms with Crippen molar-refractivity contribution < 1.29 is 14.3 Å². The van der Waals surface area contributed by atoms with Crippen LogP contribution in [0.4, 0.5) is 0 Å². The van der Waals surface area contributed by atoms with E-state index in [2.05, 4.69) is 21.2 Å². The van der Waals surface area contributed by atoms with Gasteiger partial charge in [-0.1, -0.05) is 89.4 Å². The van der Waals surface area contributed by atoms with Gasteiger partial charge in [-0.25, -0.2) is 0 Å². The number of ether oxygens (including phenoxy) is 1. The average Bonchev–Trinajstić information content (AvgIpc) is 3.41. The highest BCUT2D eigenvalue weighted by atomic mass is 79.9. The van der Waals surface area contributed by atoms with Crippen molar-refractivity contribution in [3.8, 4) is 5.75 Å². The molecule has 0 heterocycles. The van der Waals surface area contributed by atoms with E-state index in [9.17, 15) is 9.59 Å². The lowest BCUT2D eigenvalue weighted by molar-refractivity contribution is -0.143. The lowest BCUT2D eigenvalue weighted by Gasteiger charge is -2.32. The van der Waals surface area contributed by atoms with Crippen molar-refractivity contribution in [2.45, 2.75) is 57.7 Å². The van der Waals surface area contributed by atoms with Gasteiger partial charge in [0.25, 0.3) is 5.91 Å². The molecule has 1 saturated carbocycles. The quantitative estimate of drug-likeness (QED) is 0.346. The number of hydrogen-bond donors (Lipinski definition) is 1. The third kappa shape index (κ3) is 7.20. The summed E-state index contributed by atoms with van der Waals surface area (Å²) in [5.74, 6) is 0.301. The first kappa shape index (κ1) is 26.0. The zero-order valence-corrected chi connectivity index (χ0v) is 22.2. The molecule has 6 heteroatoms. The molecule has 3 aromatic carbocycles. The highest BCUT2D eigenvalue weighted by Crippen LogP contribution is 2.23. The molecule has 0 aromatic heterocycles. The number of carbonyl (C=O) groups excluding carboxylic acids is 2. The predicted octanol–water partition coefficient (Wildman–Crippen LogP) is 5.84. The van der Waals surface area contributed by atoms with Gasteiger partial charge in [0, 0.05) is 23.5 Å². The van der Waals surface area contributed by atoms with Gasteiger partial charge in [-0.15, -0.1) is 0 Å². The van der Waals surface area contributed by atoms with Crippen LogP contribution in [0.1, 0.15) is 42.4 Å². The van der Waals surface area contributed by atoms with Crippen LogP contribution in [0.3, 0.4) is 0 Å². The van der Waals surface area contributed by atoms with Crippen LogP contribution in [0, 0.1) is 6.92 Å². The Balaban J connectivity index is 1.59. The summed E-state index contributed by atoms with van der Waals surface area (Å²) in [6.07, 6.45) is 4.67. The van der Waals surface area contributed by atoms with Gasteiger partial charge in [0.15, 0.2) is 6.61 Å². The fraction of sp³-hybridized carbons (Fsp3) is 0.333. The molecule has 5 nitrogen and oxygen atoms in total. The number of aryl methyl sites for hydroxylation is 1. The van der Waals surface area contributed by atoms with Crippen molar-refractivity contribution >= 4 is 27.7 Å². The Morgan fingerprint density at radius 1 is 0.972 bits per heavy atom. The molecule has 1 unspecified atom stereocenters. The molecule has 0 bridgehead atoms. The molecule has 1 aliphatic carbocycles. The van der Waals surface area contributed by atoms with Crippen molar-refractivity contribution in [2.24, 2.45) is 0 Å². The van der Waals surface area contributed by atoms with Crippen LogP contribution >= 0.6 is 15.9 Å². The molecule has 0 radical (unpaired) electrons. The topological polar surface area (TPSA) is 58.6 Å². The minimum Gasteiger partial charge on any atom is -0.484 e. The Labute approximate surface area is 222 Å². The molecule has 0 saturated heterocycles. The average molecular weight is 550 g/mol. The van der Waals surface area contributed by atoms with Crippen molar-refractivity contribution in [3.63, 3.8) is 0 Å². The molecule has 1 aliphatic rings. The van der Waals surface area contributed by atoms with Crippen LogP contribution in [-0.4, -0.2) is 35.4 Å². The summed E-state index contributed by atoms with van der Waals surface area (Å²) < 4.78 is 6.88. The number of carbonyl (C=O) groups is 2. The van der Waals surface area contributed by atoms with Gasteiger partial charge in [-0.2, -0.15) is 0 Å². The first-order chi connectivity index (χ1) is 17.5. The second-order valence-electron chi connectivity index (χ2n) is 9.40. The minimum atomic E-state index is -0.643. The second kappa shape index (κ2) is 12.7. The summed E-state index contributed by atoms with van der Waals surface area (Å²) in [5.41, 5.74) is 3.01. The van der Waals surface area contributed by atoms with Crippen molar-refractivity contribution in [1.29, 1.82) is 0 Å². The zero-order chi connectivity index (χ0) is 25.3. The van der Waals surface area contributed by atoms with E-state index >= 15 is 0 Å². The number of nitrogens with zero attached hydrogens (tertiary/aromatic N) is 1. The normalized spacial score (nSPS) is 14.3. The van der Waals surface area contributed by atoms with Gasteiger partial charge in [0.05, 0.1) is 0 Å². The molecule has 2 amide bonds. The zero-order valence-electron chi connectivity index (χ0n) is 20.7. The molecule has 0 spiro atoms. The van der Waals surface area contributed by atoms with Crippen molar-refractivity contribution in [1.82, 2.24) is 10.2 Å². The maximum atomic E-state index is 13.7. The first-order valence-electron chi connectivity index (χ1n) is 12.6. The Morgan fingerprint density at radius 3 is 2.25 bits per heavy atom. The highest BCUT2D eigenvalue weighted by molar-refractivity contribution is 9.10. The molecule has 1 fully saturated rings. The van der Waals surface area contributed by atoms with E-state index in [0.717, 1.165) is 46.8 Å². The first-order valence-corrected chi connectivity index (χ1v) is 13.4. The Hall–Kier alpha value is -3.12. The number of amides is 2. The molecule has 36 heavy (non-hydrogen) atoms. The maximum Gasteiger partial charge on any atom is 0.261 e. The third-order valence-electron chi connectivity index (χ3n) is 6.66. The van der Waals surface area contributed by atoms with Gasteiger partial charge >= 0.3 is 0 Å². The van der Waals surface area contributed by atoms with E-state index in [-0.39, 0.29) is 24.5 Å². The van der Waals surface area contributed by atoms with Gasteiger partial charge in [0.1, 0.15) is 11.8 Å².